The van der Waals surface area contributed by atoms with Gasteiger partial charge in [-0.2, -0.15) is 0 Å². The standard InChI is InChI=1S/C31H32NO7P/c1-2-35-31(33)21-32-24-40(34,38-29-17-13-27(14-18-29)36-22-25-9-5-3-6-10-25)39-30-19-15-28(16-20-30)37-23-26-11-7-4-8-12-26/h3-20,32H,2,21-24H2,1H3. The van der Waals surface area contributed by atoms with Gasteiger partial charge in [0.05, 0.1) is 13.2 Å². The van der Waals surface area contributed by atoms with Crippen LogP contribution in [0.1, 0.15) is 18.1 Å². The van der Waals surface area contributed by atoms with Gasteiger partial charge in [0.1, 0.15) is 42.5 Å². The molecule has 40 heavy (non-hydrogen) atoms. The molecule has 0 fully saturated rings. The van der Waals surface area contributed by atoms with Gasteiger partial charge in [-0.1, -0.05) is 60.7 Å². The molecule has 0 aliphatic heterocycles. The largest absolute Gasteiger partial charge is 0.489 e. The molecule has 9 heteroatoms. The third kappa shape index (κ3) is 9.49. The van der Waals surface area contributed by atoms with Crippen molar-refractivity contribution < 1.29 is 32.6 Å². The van der Waals surface area contributed by atoms with E-state index in [1.165, 1.54) is 0 Å². The highest BCUT2D eigenvalue weighted by molar-refractivity contribution is 7.54. The predicted molar refractivity (Wildman–Crippen MR) is 153 cm³/mol. The molecular weight excluding hydrogens is 529 g/mol. The third-order valence-corrected chi connectivity index (χ3v) is 7.10. The Hall–Kier alpha value is -4.26. The van der Waals surface area contributed by atoms with Crippen molar-refractivity contribution in [2.75, 3.05) is 19.4 Å². The van der Waals surface area contributed by atoms with Gasteiger partial charge in [0, 0.05) is 0 Å². The summed E-state index contributed by atoms with van der Waals surface area (Å²) in [5, 5.41) is 2.81. The first-order chi connectivity index (χ1) is 19.5. The molecule has 4 aromatic rings. The maximum absolute atomic E-state index is 13.8. The second kappa shape index (κ2) is 14.8. The Morgan fingerprint density at radius 2 is 1.07 bits per heavy atom. The third-order valence-electron chi connectivity index (χ3n) is 5.51. The van der Waals surface area contributed by atoms with Gasteiger partial charge in [-0.3, -0.25) is 10.1 Å². The lowest BCUT2D eigenvalue weighted by atomic mass is 10.2. The number of rotatable bonds is 15. The maximum atomic E-state index is 13.8. The van der Waals surface area contributed by atoms with Crippen molar-refractivity contribution in [1.82, 2.24) is 5.32 Å². The Morgan fingerprint density at radius 1 is 0.650 bits per heavy atom. The highest BCUT2D eigenvalue weighted by Gasteiger charge is 2.28. The Kier molecular flexibility index (Phi) is 10.6. The molecule has 0 spiro atoms. The Bertz CT molecular complexity index is 1270. The van der Waals surface area contributed by atoms with Gasteiger partial charge in [0.25, 0.3) is 0 Å². The molecule has 208 valence electrons. The zero-order valence-electron chi connectivity index (χ0n) is 22.2. The number of esters is 1. The monoisotopic (exact) mass is 561 g/mol. The summed E-state index contributed by atoms with van der Waals surface area (Å²) in [6.07, 6.45) is -0.218. The fraction of sp³-hybridized carbons (Fsp3) is 0.194. The summed E-state index contributed by atoms with van der Waals surface area (Å²) in [7, 11) is -3.80. The van der Waals surface area contributed by atoms with E-state index in [2.05, 4.69) is 5.32 Å². The second-order valence-electron chi connectivity index (χ2n) is 8.67. The van der Waals surface area contributed by atoms with Crippen molar-refractivity contribution in [2.24, 2.45) is 0 Å². The lowest BCUT2D eigenvalue weighted by Crippen LogP contribution is -2.27. The van der Waals surface area contributed by atoms with Crippen molar-refractivity contribution >= 4 is 13.6 Å². The van der Waals surface area contributed by atoms with E-state index in [4.69, 9.17) is 23.3 Å². The normalized spacial score (nSPS) is 10.9. The van der Waals surface area contributed by atoms with Gasteiger partial charge in [0.15, 0.2) is 0 Å². The van der Waals surface area contributed by atoms with Gasteiger partial charge >= 0.3 is 13.6 Å². The Balaban J connectivity index is 1.39. The average molecular weight is 562 g/mol. The lowest BCUT2D eigenvalue weighted by molar-refractivity contribution is -0.141. The average Bonchev–Trinajstić information content (AvgIpc) is 2.98. The summed E-state index contributed by atoms with van der Waals surface area (Å²) < 4.78 is 42.0. The van der Waals surface area contributed by atoms with Crippen LogP contribution in [-0.4, -0.2) is 25.4 Å². The molecule has 0 aliphatic carbocycles. The molecule has 0 unspecified atom stereocenters. The number of nitrogens with one attached hydrogen (secondary N) is 1. The van der Waals surface area contributed by atoms with E-state index in [9.17, 15) is 9.36 Å². The second-order valence-corrected chi connectivity index (χ2v) is 10.6. The molecule has 0 saturated carbocycles. The van der Waals surface area contributed by atoms with Crippen LogP contribution >= 0.6 is 7.60 Å². The molecule has 0 atom stereocenters. The first-order valence-electron chi connectivity index (χ1n) is 12.9. The topological polar surface area (TPSA) is 92.3 Å². The molecule has 0 radical (unpaired) electrons. The van der Waals surface area contributed by atoms with E-state index in [0.29, 0.717) is 36.2 Å². The SMILES string of the molecule is CCOC(=O)CNCP(=O)(Oc1ccc(OCc2ccccc2)cc1)Oc1ccc(OCc2ccccc2)cc1. The predicted octanol–water partition coefficient (Wildman–Crippen LogP) is 6.61. The maximum Gasteiger partial charge on any atom is 0.444 e. The van der Waals surface area contributed by atoms with E-state index in [1.54, 1.807) is 55.5 Å². The first kappa shape index (κ1) is 28.7. The van der Waals surface area contributed by atoms with Crippen molar-refractivity contribution in [2.45, 2.75) is 20.1 Å². The Labute approximate surface area is 234 Å². The smallest absolute Gasteiger partial charge is 0.444 e. The molecule has 0 heterocycles. The van der Waals surface area contributed by atoms with Crippen molar-refractivity contribution in [3.8, 4) is 23.0 Å². The summed E-state index contributed by atoms with van der Waals surface area (Å²) in [6, 6.07) is 33.2. The fourth-order valence-electron chi connectivity index (χ4n) is 3.59. The zero-order chi connectivity index (χ0) is 28.0. The highest BCUT2D eigenvalue weighted by Crippen LogP contribution is 2.48. The van der Waals surface area contributed by atoms with Crippen LogP contribution in [0.15, 0.2) is 109 Å². The minimum absolute atomic E-state index is 0.136. The summed E-state index contributed by atoms with van der Waals surface area (Å²) in [6.45, 7) is 2.68. The molecule has 0 bridgehead atoms. The van der Waals surface area contributed by atoms with Gasteiger partial charge in [-0.25, -0.2) is 4.57 Å². The molecular formula is C31H32NO7P. The van der Waals surface area contributed by atoms with E-state index < -0.39 is 13.6 Å². The number of carbonyl (C=O) groups is 1. The van der Waals surface area contributed by atoms with Gasteiger partial charge < -0.3 is 23.3 Å². The molecule has 4 aromatic carbocycles. The van der Waals surface area contributed by atoms with Crippen LogP contribution in [0, 0.1) is 0 Å². The molecule has 1 N–H and O–H groups in total. The summed E-state index contributed by atoms with van der Waals surface area (Å²) in [4.78, 5) is 11.8. The van der Waals surface area contributed by atoms with E-state index in [1.807, 2.05) is 60.7 Å². The summed E-state index contributed by atoms with van der Waals surface area (Å²) in [5.74, 6) is 1.47. The minimum atomic E-state index is -3.80. The number of benzene rings is 4. The molecule has 0 saturated heterocycles. The fourth-order valence-corrected chi connectivity index (χ4v) is 5.02. The quantitative estimate of drug-likeness (QED) is 0.128. The molecule has 0 amide bonds. The van der Waals surface area contributed by atoms with Crippen molar-refractivity contribution in [3.05, 3.63) is 120 Å². The van der Waals surface area contributed by atoms with Gasteiger partial charge in [0.2, 0.25) is 0 Å². The van der Waals surface area contributed by atoms with Crippen LogP contribution in [0.5, 0.6) is 23.0 Å². The van der Waals surface area contributed by atoms with Crippen LogP contribution in [0.4, 0.5) is 0 Å². The highest BCUT2D eigenvalue weighted by atomic mass is 31.2. The van der Waals surface area contributed by atoms with E-state index >= 15 is 0 Å². The van der Waals surface area contributed by atoms with E-state index in [-0.39, 0.29) is 19.4 Å². The van der Waals surface area contributed by atoms with Crippen LogP contribution in [0.25, 0.3) is 0 Å². The Morgan fingerprint density at radius 3 is 1.50 bits per heavy atom. The number of carbonyl (C=O) groups excluding carboxylic acids is 1. The zero-order valence-corrected chi connectivity index (χ0v) is 23.1. The number of ether oxygens (including phenoxy) is 3. The van der Waals surface area contributed by atoms with Crippen LogP contribution in [0.3, 0.4) is 0 Å². The molecule has 4 rings (SSSR count). The van der Waals surface area contributed by atoms with Crippen molar-refractivity contribution in [1.29, 1.82) is 0 Å². The van der Waals surface area contributed by atoms with Crippen LogP contribution < -0.4 is 23.8 Å². The first-order valence-corrected chi connectivity index (χ1v) is 14.6. The van der Waals surface area contributed by atoms with E-state index in [0.717, 1.165) is 11.1 Å². The number of hydrogen-bond acceptors (Lipinski definition) is 8. The molecule has 0 aliphatic rings. The van der Waals surface area contributed by atoms with Crippen LogP contribution in [0.2, 0.25) is 0 Å². The minimum Gasteiger partial charge on any atom is -0.489 e. The molecule has 8 nitrogen and oxygen atoms in total. The molecule has 0 aromatic heterocycles. The number of hydrogen-bond donors (Lipinski definition) is 1. The summed E-state index contributed by atoms with van der Waals surface area (Å²) in [5.41, 5.74) is 2.09. The van der Waals surface area contributed by atoms with Crippen LogP contribution in [-0.2, 0) is 27.3 Å². The van der Waals surface area contributed by atoms with Gasteiger partial charge in [-0.15, -0.1) is 0 Å². The lowest BCUT2D eigenvalue weighted by Gasteiger charge is -2.21. The van der Waals surface area contributed by atoms with Gasteiger partial charge in [-0.05, 0) is 66.6 Å². The van der Waals surface area contributed by atoms with Crippen molar-refractivity contribution in [3.63, 3.8) is 0 Å². The summed E-state index contributed by atoms with van der Waals surface area (Å²) >= 11 is 0.